The molecule has 2 aromatic carbocycles. The molecule has 0 unspecified atom stereocenters. The summed E-state index contributed by atoms with van der Waals surface area (Å²) in [6.45, 7) is 8.09. The fourth-order valence-electron chi connectivity index (χ4n) is 3.42. The first kappa shape index (κ1) is 19.5. The lowest BCUT2D eigenvalue weighted by molar-refractivity contribution is 0.384. The third kappa shape index (κ3) is 3.58. The number of piperazine rings is 1. The second kappa shape index (κ2) is 7.39. The van der Waals surface area contributed by atoms with Crippen molar-refractivity contribution in [3.8, 4) is 0 Å². The van der Waals surface area contributed by atoms with Gasteiger partial charge in [-0.05, 0) is 49.6 Å². The first-order chi connectivity index (χ1) is 12.2. The lowest BCUT2D eigenvalue weighted by atomic mass is 10.1. The van der Waals surface area contributed by atoms with Crippen LogP contribution >= 0.6 is 23.2 Å². The number of nitrogens with zero attached hydrogens (tertiary/aromatic N) is 2. The molecule has 0 spiro atoms. The Labute approximate surface area is 165 Å². The van der Waals surface area contributed by atoms with E-state index >= 15 is 0 Å². The van der Waals surface area contributed by atoms with Gasteiger partial charge in [-0.3, -0.25) is 0 Å². The summed E-state index contributed by atoms with van der Waals surface area (Å²) in [5, 5.41) is 0.631. The minimum atomic E-state index is -3.64. The van der Waals surface area contributed by atoms with Gasteiger partial charge in [-0.15, -0.1) is 0 Å². The van der Waals surface area contributed by atoms with Gasteiger partial charge in [0.2, 0.25) is 10.0 Å². The van der Waals surface area contributed by atoms with Crippen LogP contribution in [0.1, 0.15) is 16.7 Å². The van der Waals surface area contributed by atoms with E-state index in [1.54, 1.807) is 13.0 Å². The first-order valence-corrected chi connectivity index (χ1v) is 10.7. The van der Waals surface area contributed by atoms with E-state index < -0.39 is 10.0 Å². The van der Waals surface area contributed by atoms with Gasteiger partial charge in [-0.1, -0.05) is 41.4 Å². The van der Waals surface area contributed by atoms with Gasteiger partial charge in [0, 0.05) is 36.9 Å². The predicted octanol–water partition coefficient (Wildman–Crippen LogP) is 4.43. The minimum Gasteiger partial charge on any atom is -0.368 e. The summed E-state index contributed by atoms with van der Waals surface area (Å²) in [6.07, 6.45) is 0. The molecule has 4 nitrogen and oxygen atoms in total. The zero-order valence-electron chi connectivity index (χ0n) is 15.1. The van der Waals surface area contributed by atoms with Crippen LogP contribution in [0.25, 0.3) is 0 Å². The molecule has 7 heteroatoms. The largest absolute Gasteiger partial charge is 0.368 e. The number of para-hydroxylation sites is 1. The van der Waals surface area contributed by atoms with Gasteiger partial charge in [0.1, 0.15) is 4.90 Å². The number of benzene rings is 2. The second-order valence-electron chi connectivity index (χ2n) is 6.66. The van der Waals surface area contributed by atoms with Gasteiger partial charge >= 0.3 is 0 Å². The maximum atomic E-state index is 13.0. The molecular formula is C19H22Cl2N2O2S. The van der Waals surface area contributed by atoms with Gasteiger partial charge in [0.15, 0.2) is 0 Å². The maximum Gasteiger partial charge on any atom is 0.244 e. The van der Waals surface area contributed by atoms with Crippen molar-refractivity contribution < 1.29 is 8.42 Å². The zero-order chi connectivity index (χ0) is 19.1. The highest BCUT2D eigenvalue weighted by Crippen LogP contribution is 2.32. The van der Waals surface area contributed by atoms with Gasteiger partial charge in [-0.2, -0.15) is 4.31 Å². The van der Waals surface area contributed by atoms with E-state index in [1.165, 1.54) is 27.2 Å². The third-order valence-electron chi connectivity index (χ3n) is 4.83. The third-order valence-corrected chi connectivity index (χ3v) is 7.60. The lowest BCUT2D eigenvalue weighted by Gasteiger charge is -2.37. The number of anilines is 1. The summed E-state index contributed by atoms with van der Waals surface area (Å²) in [5.41, 5.74) is 4.31. The van der Waals surface area contributed by atoms with E-state index in [1.807, 2.05) is 6.07 Å². The van der Waals surface area contributed by atoms with E-state index in [0.717, 1.165) is 0 Å². The molecule has 1 fully saturated rings. The first-order valence-electron chi connectivity index (χ1n) is 8.49. The Hall–Kier alpha value is -1.27. The Balaban J connectivity index is 1.82. The Kier molecular flexibility index (Phi) is 5.54. The van der Waals surface area contributed by atoms with Crippen molar-refractivity contribution in [1.82, 2.24) is 4.31 Å². The van der Waals surface area contributed by atoms with Crippen LogP contribution in [0.5, 0.6) is 0 Å². The number of aryl methyl sites for hydroxylation is 3. The standard InChI is InChI=1S/C19H22Cl2N2O2S/c1-13-5-4-6-14(2)19(13)22-7-9-23(10-8-22)26(24,25)18-11-15(3)16(20)12-17(18)21/h4-6,11-12H,7-10H2,1-3H3. The van der Waals surface area contributed by atoms with Crippen molar-refractivity contribution in [2.45, 2.75) is 25.7 Å². The summed E-state index contributed by atoms with van der Waals surface area (Å²) < 4.78 is 27.6. The van der Waals surface area contributed by atoms with Crippen LogP contribution in [-0.2, 0) is 10.0 Å². The van der Waals surface area contributed by atoms with Crippen LogP contribution in [0.3, 0.4) is 0 Å². The van der Waals surface area contributed by atoms with Crippen LogP contribution in [0.15, 0.2) is 35.2 Å². The average molecular weight is 413 g/mol. The molecule has 140 valence electrons. The molecule has 1 aliphatic heterocycles. The van der Waals surface area contributed by atoms with Crippen molar-refractivity contribution >= 4 is 38.9 Å². The highest BCUT2D eigenvalue weighted by atomic mass is 35.5. The van der Waals surface area contributed by atoms with E-state index in [0.29, 0.717) is 36.8 Å². The molecule has 1 aliphatic rings. The van der Waals surface area contributed by atoms with Gasteiger partial charge < -0.3 is 4.90 Å². The molecule has 1 heterocycles. The average Bonchev–Trinajstić information content (AvgIpc) is 2.58. The number of sulfonamides is 1. The molecule has 0 aliphatic carbocycles. The molecule has 3 rings (SSSR count). The van der Waals surface area contributed by atoms with Gasteiger partial charge in [0.05, 0.1) is 5.02 Å². The van der Waals surface area contributed by atoms with Crippen LogP contribution < -0.4 is 4.90 Å². The summed E-state index contributed by atoms with van der Waals surface area (Å²) in [7, 11) is -3.64. The van der Waals surface area contributed by atoms with Crippen molar-refractivity contribution in [3.05, 3.63) is 57.1 Å². The van der Waals surface area contributed by atoms with Crippen molar-refractivity contribution in [2.24, 2.45) is 0 Å². The highest BCUT2D eigenvalue weighted by Gasteiger charge is 2.31. The smallest absolute Gasteiger partial charge is 0.244 e. The van der Waals surface area contributed by atoms with Crippen molar-refractivity contribution in [3.63, 3.8) is 0 Å². The molecule has 1 saturated heterocycles. The summed E-state index contributed by atoms with van der Waals surface area (Å²) in [4.78, 5) is 2.38. The Morgan fingerprint density at radius 1 is 0.846 bits per heavy atom. The van der Waals surface area contributed by atoms with Gasteiger partial charge in [-0.25, -0.2) is 8.42 Å². The van der Waals surface area contributed by atoms with Crippen LogP contribution in [0.2, 0.25) is 10.0 Å². The molecule has 0 amide bonds. The zero-order valence-corrected chi connectivity index (χ0v) is 17.4. The predicted molar refractivity (Wildman–Crippen MR) is 108 cm³/mol. The number of hydrogen-bond donors (Lipinski definition) is 0. The van der Waals surface area contributed by atoms with E-state index in [4.69, 9.17) is 23.2 Å². The molecule has 2 aromatic rings. The number of halogens is 2. The van der Waals surface area contributed by atoms with E-state index in [9.17, 15) is 8.42 Å². The van der Waals surface area contributed by atoms with Crippen molar-refractivity contribution in [2.75, 3.05) is 31.1 Å². The molecule has 0 saturated carbocycles. The molecular weight excluding hydrogens is 391 g/mol. The molecule has 0 aromatic heterocycles. The summed E-state index contributed by atoms with van der Waals surface area (Å²) in [6, 6.07) is 9.26. The molecule has 0 radical (unpaired) electrons. The van der Waals surface area contributed by atoms with E-state index in [-0.39, 0.29) is 9.92 Å². The molecule has 0 N–H and O–H groups in total. The Bertz CT molecular complexity index is 917. The van der Waals surface area contributed by atoms with Crippen LogP contribution in [0.4, 0.5) is 5.69 Å². The number of rotatable bonds is 3. The second-order valence-corrected chi connectivity index (χ2v) is 9.38. The lowest BCUT2D eigenvalue weighted by Crippen LogP contribution is -2.49. The highest BCUT2D eigenvalue weighted by molar-refractivity contribution is 7.89. The normalized spacial score (nSPS) is 16.1. The summed E-state index contributed by atoms with van der Waals surface area (Å²) in [5.74, 6) is 0. The SMILES string of the molecule is Cc1cc(S(=O)(=O)N2CCN(c3c(C)cccc3C)CC2)c(Cl)cc1Cl. The molecule has 0 bridgehead atoms. The van der Waals surface area contributed by atoms with E-state index in [2.05, 4.69) is 30.9 Å². The molecule has 26 heavy (non-hydrogen) atoms. The fourth-order valence-corrected chi connectivity index (χ4v) is 5.65. The molecule has 0 atom stereocenters. The monoisotopic (exact) mass is 412 g/mol. The van der Waals surface area contributed by atoms with Crippen molar-refractivity contribution in [1.29, 1.82) is 0 Å². The Morgan fingerprint density at radius 3 is 2.00 bits per heavy atom. The fraction of sp³-hybridized carbons (Fsp3) is 0.368. The minimum absolute atomic E-state index is 0.126. The summed E-state index contributed by atoms with van der Waals surface area (Å²) >= 11 is 12.2. The van der Waals surface area contributed by atoms with Crippen LogP contribution in [0, 0.1) is 20.8 Å². The topological polar surface area (TPSA) is 40.6 Å². The number of hydrogen-bond acceptors (Lipinski definition) is 3. The van der Waals surface area contributed by atoms with Gasteiger partial charge in [0.25, 0.3) is 0 Å². The van der Waals surface area contributed by atoms with Crippen LogP contribution in [-0.4, -0.2) is 38.9 Å². The maximum absolute atomic E-state index is 13.0. The Morgan fingerprint density at radius 2 is 1.42 bits per heavy atom. The quantitative estimate of drug-likeness (QED) is 0.748.